The van der Waals surface area contributed by atoms with Crippen molar-refractivity contribution in [1.82, 2.24) is 15.1 Å². The molecule has 5 heteroatoms. The van der Waals surface area contributed by atoms with Gasteiger partial charge in [0.1, 0.15) is 5.56 Å². The molecule has 2 heterocycles. The van der Waals surface area contributed by atoms with Gasteiger partial charge in [-0.25, -0.2) is 9.97 Å². The largest absolute Gasteiger partial charge is 0.367 e. The first kappa shape index (κ1) is 9.64. The van der Waals surface area contributed by atoms with Gasteiger partial charge in [-0.05, 0) is 26.8 Å². The highest BCUT2D eigenvalue weighted by atomic mass is 16.5. The summed E-state index contributed by atoms with van der Waals surface area (Å²) in [6.07, 6.45) is 0. The van der Waals surface area contributed by atoms with Crippen LogP contribution >= 0.6 is 0 Å². The van der Waals surface area contributed by atoms with Gasteiger partial charge < -0.3 is 10.3 Å². The molecule has 5 nitrogen and oxygen atoms in total. The molecule has 0 unspecified atom stereocenters. The van der Waals surface area contributed by atoms with Gasteiger partial charge in [-0.2, -0.15) is 0 Å². The van der Waals surface area contributed by atoms with Crippen LogP contribution in [0.2, 0.25) is 0 Å². The summed E-state index contributed by atoms with van der Waals surface area (Å²) in [6, 6.07) is 1.91. The molecule has 0 spiro atoms. The van der Waals surface area contributed by atoms with Crippen molar-refractivity contribution in [3.05, 3.63) is 23.1 Å². The normalized spacial score (nSPS) is 10.6. The fourth-order valence-corrected chi connectivity index (χ4v) is 1.50. The molecule has 0 saturated heterocycles. The van der Waals surface area contributed by atoms with E-state index in [1.807, 2.05) is 26.8 Å². The van der Waals surface area contributed by atoms with Crippen molar-refractivity contribution in [2.24, 2.45) is 0 Å². The van der Waals surface area contributed by atoms with E-state index in [9.17, 15) is 0 Å². The minimum absolute atomic E-state index is 0.262. The number of rotatable bonds is 1. The number of nitrogen functional groups attached to an aromatic ring is 1. The van der Waals surface area contributed by atoms with Crippen molar-refractivity contribution in [3.8, 4) is 11.4 Å². The maximum Gasteiger partial charge on any atom is 0.233 e. The third kappa shape index (κ3) is 1.68. The zero-order chi connectivity index (χ0) is 11.0. The van der Waals surface area contributed by atoms with Crippen LogP contribution in [0.3, 0.4) is 0 Å². The third-order valence-corrected chi connectivity index (χ3v) is 2.10. The smallest absolute Gasteiger partial charge is 0.233 e. The summed E-state index contributed by atoms with van der Waals surface area (Å²) >= 11 is 0. The zero-order valence-corrected chi connectivity index (χ0v) is 8.90. The van der Waals surface area contributed by atoms with Gasteiger partial charge in [-0.15, -0.1) is 0 Å². The van der Waals surface area contributed by atoms with Crippen LogP contribution in [0.5, 0.6) is 0 Å². The summed E-state index contributed by atoms with van der Waals surface area (Å²) in [6.45, 7) is 5.64. The summed E-state index contributed by atoms with van der Waals surface area (Å²) in [5.41, 5.74) is 8.85. The Hall–Kier alpha value is -1.91. The van der Waals surface area contributed by atoms with Crippen LogP contribution in [-0.2, 0) is 0 Å². The minimum Gasteiger partial charge on any atom is -0.367 e. The van der Waals surface area contributed by atoms with Crippen LogP contribution in [-0.4, -0.2) is 15.1 Å². The van der Waals surface area contributed by atoms with Gasteiger partial charge in [0.25, 0.3) is 0 Å². The highest BCUT2D eigenvalue weighted by molar-refractivity contribution is 5.69. The molecule has 0 bridgehead atoms. The average molecular weight is 204 g/mol. The lowest BCUT2D eigenvalue weighted by molar-refractivity contribution is 0.431. The molecule has 2 rings (SSSR count). The lowest BCUT2D eigenvalue weighted by atomic mass is 10.2. The first-order valence-corrected chi connectivity index (χ1v) is 4.62. The first-order chi connectivity index (χ1) is 7.08. The van der Waals surface area contributed by atoms with Crippen LogP contribution in [0.1, 0.15) is 17.1 Å². The Morgan fingerprint density at radius 3 is 2.20 bits per heavy atom. The maximum atomic E-state index is 5.66. The van der Waals surface area contributed by atoms with E-state index < -0.39 is 0 Å². The average Bonchev–Trinajstić information content (AvgIpc) is 2.44. The molecule has 0 saturated carbocycles. The maximum absolute atomic E-state index is 5.66. The van der Waals surface area contributed by atoms with Gasteiger partial charge in [-0.1, -0.05) is 5.16 Å². The van der Waals surface area contributed by atoms with Crippen molar-refractivity contribution >= 4 is 5.88 Å². The summed E-state index contributed by atoms with van der Waals surface area (Å²) in [4.78, 5) is 8.61. The fraction of sp³-hybridized carbons (Fsp3) is 0.300. The molecule has 15 heavy (non-hydrogen) atoms. The predicted octanol–water partition coefficient (Wildman–Crippen LogP) is 1.64. The van der Waals surface area contributed by atoms with Crippen molar-refractivity contribution < 1.29 is 4.52 Å². The van der Waals surface area contributed by atoms with Crippen LogP contribution < -0.4 is 5.73 Å². The molecule has 0 aliphatic rings. The Balaban J connectivity index is 2.63. The molecule has 0 amide bonds. The molecule has 0 aliphatic carbocycles. The molecule has 78 valence electrons. The highest BCUT2D eigenvalue weighted by Crippen LogP contribution is 2.26. The predicted molar refractivity (Wildman–Crippen MR) is 56.2 cm³/mol. The molecule has 0 fully saturated rings. The second-order valence-electron chi connectivity index (χ2n) is 3.48. The number of nitrogens with zero attached hydrogens (tertiary/aromatic N) is 3. The van der Waals surface area contributed by atoms with E-state index in [0.717, 1.165) is 11.4 Å². The number of aryl methyl sites for hydroxylation is 3. The lowest BCUT2D eigenvalue weighted by Gasteiger charge is -2.01. The minimum atomic E-state index is 0.262. The van der Waals surface area contributed by atoms with Crippen molar-refractivity contribution in [2.75, 3.05) is 5.73 Å². The van der Waals surface area contributed by atoms with Crippen LogP contribution in [0, 0.1) is 20.8 Å². The van der Waals surface area contributed by atoms with E-state index in [0.29, 0.717) is 17.1 Å². The van der Waals surface area contributed by atoms with Crippen molar-refractivity contribution in [2.45, 2.75) is 20.8 Å². The van der Waals surface area contributed by atoms with E-state index in [-0.39, 0.29) is 5.88 Å². The zero-order valence-electron chi connectivity index (χ0n) is 8.90. The molecule has 0 aliphatic heterocycles. The molecule has 0 atom stereocenters. The van der Waals surface area contributed by atoms with Crippen LogP contribution in [0.15, 0.2) is 10.6 Å². The van der Waals surface area contributed by atoms with Gasteiger partial charge in [-0.3, -0.25) is 0 Å². The monoisotopic (exact) mass is 204 g/mol. The Morgan fingerprint density at radius 1 is 1.13 bits per heavy atom. The molecular formula is C10H12N4O. The van der Waals surface area contributed by atoms with Crippen LogP contribution in [0.4, 0.5) is 5.88 Å². The van der Waals surface area contributed by atoms with E-state index in [2.05, 4.69) is 15.1 Å². The quantitative estimate of drug-likeness (QED) is 0.763. The summed E-state index contributed by atoms with van der Waals surface area (Å²) in [5.74, 6) is 0.834. The van der Waals surface area contributed by atoms with Crippen molar-refractivity contribution in [3.63, 3.8) is 0 Å². The third-order valence-electron chi connectivity index (χ3n) is 2.10. The van der Waals surface area contributed by atoms with E-state index >= 15 is 0 Å². The SMILES string of the molecule is Cc1cc(C)nc(-c2c(C)noc2N)n1. The Bertz CT molecular complexity index is 464. The van der Waals surface area contributed by atoms with Gasteiger partial charge in [0.15, 0.2) is 5.82 Å². The number of nitrogens with two attached hydrogens (primary N) is 1. The van der Waals surface area contributed by atoms with Crippen LogP contribution in [0.25, 0.3) is 11.4 Å². The van der Waals surface area contributed by atoms with Gasteiger partial charge in [0, 0.05) is 11.4 Å². The Morgan fingerprint density at radius 2 is 1.73 bits per heavy atom. The lowest BCUT2D eigenvalue weighted by Crippen LogP contribution is -1.97. The van der Waals surface area contributed by atoms with E-state index in [1.54, 1.807) is 0 Å². The molecule has 2 aromatic heterocycles. The summed E-state index contributed by atoms with van der Waals surface area (Å²) in [7, 11) is 0. The number of hydrogen-bond acceptors (Lipinski definition) is 5. The highest BCUT2D eigenvalue weighted by Gasteiger charge is 2.15. The Kier molecular flexibility index (Phi) is 2.15. The van der Waals surface area contributed by atoms with Gasteiger partial charge in [0.2, 0.25) is 5.88 Å². The van der Waals surface area contributed by atoms with Gasteiger partial charge >= 0.3 is 0 Å². The topological polar surface area (TPSA) is 77.8 Å². The van der Waals surface area contributed by atoms with Gasteiger partial charge in [0.05, 0.1) is 5.69 Å². The molecule has 2 aromatic rings. The summed E-state index contributed by atoms with van der Waals surface area (Å²) < 4.78 is 4.88. The number of anilines is 1. The van der Waals surface area contributed by atoms with Crippen molar-refractivity contribution in [1.29, 1.82) is 0 Å². The fourth-order valence-electron chi connectivity index (χ4n) is 1.50. The second kappa shape index (κ2) is 3.34. The number of aromatic nitrogens is 3. The summed E-state index contributed by atoms with van der Waals surface area (Å²) in [5, 5.41) is 3.77. The standard InChI is InChI=1S/C10H12N4O/c1-5-4-6(2)13-10(12-5)8-7(3)14-15-9(8)11/h4H,11H2,1-3H3. The van der Waals surface area contributed by atoms with E-state index in [1.165, 1.54) is 0 Å². The molecule has 0 radical (unpaired) electrons. The molecular weight excluding hydrogens is 192 g/mol. The molecule has 0 aromatic carbocycles. The molecule has 2 N–H and O–H groups in total. The Labute approximate surface area is 87.3 Å². The number of hydrogen-bond donors (Lipinski definition) is 1. The van der Waals surface area contributed by atoms with E-state index in [4.69, 9.17) is 10.3 Å². The second-order valence-corrected chi connectivity index (χ2v) is 3.48. The first-order valence-electron chi connectivity index (χ1n) is 4.62.